The van der Waals surface area contributed by atoms with Crippen LogP contribution in [0.15, 0.2) is 12.1 Å². The molecule has 1 N–H and O–H groups in total. The van der Waals surface area contributed by atoms with Gasteiger partial charge in [-0.05, 0) is 28.7 Å². The number of rotatable bonds is 1. The van der Waals surface area contributed by atoms with Gasteiger partial charge in [0, 0.05) is 16.7 Å². The molecule has 0 heterocycles. The first-order chi connectivity index (χ1) is 5.15. The number of anilines is 1. The van der Waals surface area contributed by atoms with Crippen LogP contribution in [0, 0.1) is 15.2 Å². The molecule has 1 aromatic rings. The summed E-state index contributed by atoms with van der Waals surface area (Å²) in [6, 6.07) is 2.29. The molecule has 60 valence electrons. The van der Waals surface area contributed by atoms with Crippen molar-refractivity contribution in [1.29, 1.82) is 0 Å². The third kappa shape index (κ3) is 1.79. The Labute approximate surface area is 76.9 Å². The molecule has 0 saturated carbocycles. The highest BCUT2D eigenvalue weighted by Gasteiger charge is 2.05. The minimum Gasteiger partial charge on any atom is -0.387 e. The molecule has 0 aliphatic rings. The van der Waals surface area contributed by atoms with E-state index in [0.717, 1.165) is 12.1 Å². The molecule has 0 bridgehead atoms. The Balaban J connectivity index is 3.21. The summed E-state index contributed by atoms with van der Waals surface area (Å²) in [4.78, 5) is 0. The minimum atomic E-state index is -0.824. The van der Waals surface area contributed by atoms with E-state index in [1.54, 1.807) is 7.05 Å². The summed E-state index contributed by atoms with van der Waals surface area (Å²) >= 11 is 1.93. The Morgan fingerprint density at radius 2 is 1.82 bits per heavy atom. The van der Waals surface area contributed by atoms with Gasteiger partial charge in [0.25, 0.3) is 0 Å². The van der Waals surface area contributed by atoms with E-state index in [1.165, 1.54) is 0 Å². The molecular formula is C7H6F2IN. The van der Waals surface area contributed by atoms with Crippen molar-refractivity contribution >= 4 is 28.3 Å². The van der Waals surface area contributed by atoms with Crippen LogP contribution in [-0.2, 0) is 0 Å². The van der Waals surface area contributed by atoms with Gasteiger partial charge in [-0.1, -0.05) is 0 Å². The zero-order chi connectivity index (χ0) is 8.43. The Morgan fingerprint density at radius 1 is 1.27 bits per heavy atom. The molecule has 1 rings (SSSR count). The van der Waals surface area contributed by atoms with Crippen LogP contribution in [0.5, 0.6) is 0 Å². The van der Waals surface area contributed by atoms with Crippen molar-refractivity contribution in [3.8, 4) is 0 Å². The van der Waals surface area contributed by atoms with Crippen LogP contribution in [0.2, 0.25) is 0 Å². The molecule has 4 heteroatoms. The summed E-state index contributed by atoms with van der Waals surface area (Å²) < 4.78 is 25.7. The average molecular weight is 269 g/mol. The van der Waals surface area contributed by atoms with Crippen LogP contribution in [-0.4, -0.2) is 7.05 Å². The van der Waals surface area contributed by atoms with E-state index in [4.69, 9.17) is 0 Å². The van der Waals surface area contributed by atoms with Crippen molar-refractivity contribution in [2.45, 2.75) is 0 Å². The fourth-order valence-corrected chi connectivity index (χ4v) is 1.41. The normalized spacial score (nSPS) is 9.82. The molecule has 0 aromatic heterocycles. The lowest BCUT2D eigenvalue weighted by atomic mass is 10.3. The highest BCUT2D eigenvalue weighted by Crippen LogP contribution is 2.20. The van der Waals surface area contributed by atoms with Crippen LogP contribution in [0.3, 0.4) is 0 Å². The third-order valence-electron chi connectivity index (χ3n) is 1.28. The lowest BCUT2D eigenvalue weighted by molar-refractivity contribution is 0.508. The van der Waals surface area contributed by atoms with Gasteiger partial charge in [0.15, 0.2) is 11.6 Å². The maximum atomic E-state index is 12.5. The molecule has 0 amide bonds. The highest BCUT2D eigenvalue weighted by molar-refractivity contribution is 14.1. The SMILES string of the molecule is CNc1cc(F)c(F)cc1I. The predicted octanol–water partition coefficient (Wildman–Crippen LogP) is 2.61. The zero-order valence-corrected chi connectivity index (χ0v) is 7.95. The van der Waals surface area contributed by atoms with Gasteiger partial charge in [0.05, 0.1) is 5.69 Å². The van der Waals surface area contributed by atoms with Gasteiger partial charge in [-0.3, -0.25) is 0 Å². The van der Waals surface area contributed by atoms with Gasteiger partial charge in [-0.25, -0.2) is 8.78 Å². The van der Waals surface area contributed by atoms with E-state index in [-0.39, 0.29) is 0 Å². The molecule has 0 radical (unpaired) electrons. The van der Waals surface area contributed by atoms with Crippen molar-refractivity contribution in [3.05, 3.63) is 27.3 Å². The Morgan fingerprint density at radius 3 is 2.36 bits per heavy atom. The minimum absolute atomic E-state index is 0.601. The summed E-state index contributed by atoms with van der Waals surface area (Å²) in [5, 5.41) is 2.75. The first-order valence-electron chi connectivity index (χ1n) is 2.97. The van der Waals surface area contributed by atoms with Crippen molar-refractivity contribution in [2.24, 2.45) is 0 Å². The molecule has 1 nitrogen and oxygen atoms in total. The molecule has 11 heavy (non-hydrogen) atoms. The zero-order valence-electron chi connectivity index (χ0n) is 5.79. The topological polar surface area (TPSA) is 12.0 Å². The molecule has 0 fully saturated rings. The Hall–Kier alpha value is -0.390. The fraction of sp³-hybridized carbons (Fsp3) is 0.143. The summed E-state index contributed by atoms with van der Waals surface area (Å²) in [6.45, 7) is 0. The maximum Gasteiger partial charge on any atom is 0.160 e. The predicted molar refractivity (Wildman–Crippen MR) is 48.6 cm³/mol. The third-order valence-corrected chi connectivity index (χ3v) is 2.17. The monoisotopic (exact) mass is 269 g/mol. The molecule has 0 unspecified atom stereocenters. The Kier molecular flexibility index (Phi) is 2.64. The van der Waals surface area contributed by atoms with Crippen LogP contribution >= 0.6 is 22.6 Å². The van der Waals surface area contributed by atoms with Gasteiger partial charge < -0.3 is 5.32 Å². The molecule has 0 spiro atoms. The molecule has 1 aromatic carbocycles. The highest BCUT2D eigenvalue weighted by atomic mass is 127. The van der Waals surface area contributed by atoms with Gasteiger partial charge >= 0.3 is 0 Å². The second kappa shape index (κ2) is 3.34. The summed E-state index contributed by atoms with van der Waals surface area (Å²) in [5.41, 5.74) is 0.601. The lowest BCUT2D eigenvalue weighted by Gasteiger charge is -2.03. The summed E-state index contributed by atoms with van der Waals surface area (Å²) in [5.74, 6) is -1.64. The molecule has 0 aliphatic carbocycles. The van der Waals surface area contributed by atoms with Gasteiger partial charge in [0.1, 0.15) is 0 Å². The van der Waals surface area contributed by atoms with E-state index >= 15 is 0 Å². The van der Waals surface area contributed by atoms with Crippen LogP contribution in [0.25, 0.3) is 0 Å². The van der Waals surface area contributed by atoms with Crippen molar-refractivity contribution in [1.82, 2.24) is 0 Å². The van der Waals surface area contributed by atoms with Gasteiger partial charge in [-0.2, -0.15) is 0 Å². The van der Waals surface area contributed by atoms with E-state index in [1.807, 2.05) is 22.6 Å². The smallest absolute Gasteiger partial charge is 0.160 e. The van der Waals surface area contributed by atoms with Crippen molar-refractivity contribution < 1.29 is 8.78 Å². The first-order valence-corrected chi connectivity index (χ1v) is 4.05. The fourth-order valence-electron chi connectivity index (χ4n) is 0.714. The molecular weight excluding hydrogens is 263 g/mol. The van der Waals surface area contributed by atoms with Gasteiger partial charge in [-0.15, -0.1) is 0 Å². The summed E-state index contributed by atoms with van der Waals surface area (Å²) in [6.07, 6.45) is 0. The standard InChI is InChI=1S/C7H6F2IN/c1-11-7-3-5(9)4(8)2-6(7)10/h2-3,11H,1H3. The first kappa shape index (κ1) is 8.70. The quantitative estimate of drug-likeness (QED) is 0.610. The number of nitrogens with one attached hydrogen (secondary N) is 1. The van der Waals surface area contributed by atoms with Crippen LogP contribution in [0.4, 0.5) is 14.5 Å². The second-order valence-corrected chi connectivity index (χ2v) is 3.16. The molecule has 0 aliphatic heterocycles. The van der Waals surface area contributed by atoms with Crippen molar-refractivity contribution in [3.63, 3.8) is 0 Å². The second-order valence-electron chi connectivity index (χ2n) is 2.00. The van der Waals surface area contributed by atoms with Crippen LogP contribution in [0.1, 0.15) is 0 Å². The van der Waals surface area contributed by atoms with Crippen molar-refractivity contribution in [2.75, 3.05) is 12.4 Å². The number of hydrogen-bond acceptors (Lipinski definition) is 1. The largest absolute Gasteiger partial charge is 0.387 e. The van der Waals surface area contributed by atoms with Crippen LogP contribution < -0.4 is 5.32 Å². The average Bonchev–Trinajstić information content (AvgIpc) is 1.97. The summed E-state index contributed by atoms with van der Waals surface area (Å²) in [7, 11) is 1.66. The lowest BCUT2D eigenvalue weighted by Crippen LogP contribution is -1.94. The van der Waals surface area contributed by atoms with E-state index in [2.05, 4.69) is 5.32 Å². The van der Waals surface area contributed by atoms with E-state index in [9.17, 15) is 8.78 Å². The van der Waals surface area contributed by atoms with Gasteiger partial charge in [0.2, 0.25) is 0 Å². The van der Waals surface area contributed by atoms with E-state index in [0.29, 0.717) is 9.26 Å². The molecule has 0 atom stereocenters. The maximum absolute atomic E-state index is 12.5. The Bertz CT molecular complexity index is 275. The number of benzene rings is 1. The number of halogens is 3. The molecule has 0 saturated heterocycles. The number of hydrogen-bond donors (Lipinski definition) is 1. The van der Waals surface area contributed by atoms with E-state index < -0.39 is 11.6 Å².